The first-order valence-corrected chi connectivity index (χ1v) is 12.9. The van der Waals surface area contributed by atoms with Crippen LogP contribution in [-0.4, -0.2) is 52.6 Å². The largest absolute Gasteiger partial charge is 0.382 e. The van der Waals surface area contributed by atoms with E-state index in [2.05, 4.69) is 54.0 Å². The Hall–Kier alpha value is -3.79. The van der Waals surface area contributed by atoms with Crippen LogP contribution in [0.25, 0.3) is 38.9 Å². The van der Waals surface area contributed by atoms with Gasteiger partial charge < -0.3 is 10.5 Å². The molecule has 2 aliphatic rings. The molecule has 0 unspecified atom stereocenters. The van der Waals surface area contributed by atoms with Crippen LogP contribution >= 0.6 is 0 Å². The molecular weight excluding hydrogens is 454 g/mol. The Kier molecular flexibility index (Phi) is 5.19. The number of nitrogens with two attached hydrogens (primary N) is 1. The van der Waals surface area contributed by atoms with Crippen LogP contribution in [0, 0.1) is 0 Å². The first-order valence-electron chi connectivity index (χ1n) is 12.9. The standard InChI is InChI=1S/C26H29N9O/c27-26-25-21(24-15-29-32-34(24)19-4-2-1-3-5-19)13-23(35(25)31-16-28-26)17-6-7-18-14-30-33(22(18)12-17)20-8-10-36-11-9-20/h6-7,12-16,19-20H,1-5,8-11H2,(H2,27,28,31). The SMILES string of the molecule is Nc1ncnn2c(-c3ccc4cnn(C5CCOCC5)c4c3)cc(-c3cnnn3C3CCCCC3)c12. The van der Waals surface area contributed by atoms with E-state index >= 15 is 0 Å². The van der Waals surface area contributed by atoms with Crippen LogP contribution in [0.4, 0.5) is 5.82 Å². The highest BCUT2D eigenvalue weighted by molar-refractivity contribution is 5.92. The first kappa shape index (κ1) is 21.5. The number of fused-ring (bicyclic) bond motifs is 2. The van der Waals surface area contributed by atoms with Crippen LogP contribution < -0.4 is 5.73 Å². The Morgan fingerprint density at radius 2 is 1.69 bits per heavy atom. The third-order valence-corrected chi connectivity index (χ3v) is 7.79. The van der Waals surface area contributed by atoms with Gasteiger partial charge in [-0.15, -0.1) is 5.10 Å². The first-order chi connectivity index (χ1) is 17.8. The summed E-state index contributed by atoms with van der Waals surface area (Å²) in [6, 6.07) is 9.31. The lowest BCUT2D eigenvalue weighted by molar-refractivity contribution is 0.0675. The van der Waals surface area contributed by atoms with Gasteiger partial charge in [0, 0.05) is 29.7 Å². The summed E-state index contributed by atoms with van der Waals surface area (Å²) in [6.07, 6.45) is 13.2. The van der Waals surface area contributed by atoms with Gasteiger partial charge in [-0.05, 0) is 37.8 Å². The topological polar surface area (TPSA) is 114 Å². The zero-order valence-electron chi connectivity index (χ0n) is 20.1. The Morgan fingerprint density at radius 3 is 2.56 bits per heavy atom. The van der Waals surface area contributed by atoms with Gasteiger partial charge >= 0.3 is 0 Å². The van der Waals surface area contributed by atoms with Gasteiger partial charge in [0.05, 0.1) is 41.4 Å². The van der Waals surface area contributed by atoms with Crippen molar-refractivity contribution >= 4 is 22.2 Å². The van der Waals surface area contributed by atoms with Gasteiger partial charge in [-0.1, -0.05) is 36.6 Å². The van der Waals surface area contributed by atoms with Crippen molar-refractivity contribution in [2.45, 2.75) is 57.0 Å². The molecule has 1 aliphatic carbocycles. The maximum absolute atomic E-state index is 6.43. The van der Waals surface area contributed by atoms with Crippen molar-refractivity contribution in [1.82, 2.24) is 39.4 Å². The highest BCUT2D eigenvalue weighted by Crippen LogP contribution is 2.38. The number of ether oxygens (including phenoxy) is 1. The lowest BCUT2D eigenvalue weighted by atomic mass is 9.95. The molecule has 1 aliphatic heterocycles. The van der Waals surface area contributed by atoms with Crippen molar-refractivity contribution in [3.63, 3.8) is 0 Å². The Labute approximate surface area is 208 Å². The fourth-order valence-electron chi connectivity index (χ4n) is 5.92. The van der Waals surface area contributed by atoms with Crippen molar-refractivity contribution in [2.75, 3.05) is 18.9 Å². The molecule has 10 heteroatoms. The van der Waals surface area contributed by atoms with Crippen molar-refractivity contribution in [3.05, 3.63) is 43.0 Å². The van der Waals surface area contributed by atoms with E-state index in [1.807, 2.05) is 16.9 Å². The van der Waals surface area contributed by atoms with Gasteiger partial charge in [-0.3, -0.25) is 4.68 Å². The second-order valence-electron chi connectivity index (χ2n) is 9.91. The summed E-state index contributed by atoms with van der Waals surface area (Å²) in [5.41, 5.74) is 12.2. The van der Waals surface area contributed by atoms with E-state index in [-0.39, 0.29) is 0 Å². The second-order valence-corrected chi connectivity index (χ2v) is 9.91. The van der Waals surface area contributed by atoms with E-state index < -0.39 is 0 Å². The van der Waals surface area contributed by atoms with Crippen molar-refractivity contribution in [1.29, 1.82) is 0 Å². The van der Waals surface area contributed by atoms with Crippen molar-refractivity contribution in [2.24, 2.45) is 0 Å². The number of anilines is 1. The lowest BCUT2D eigenvalue weighted by Crippen LogP contribution is -2.20. The van der Waals surface area contributed by atoms with Gasteiger partial charge in [0.25, 0.3) is 0 Å². The second kappa shape index (κ2) is 8.70. The quantitative estimate of drug-likeness (QED) is 0.402. The van der Waals surface area contributed by atoms with E-state index in [0.717, 1.165) is 77.8 Å². The molecule has 5 aromatic rings. The number of nitrogen functional groups attached to an aromatic ring is 1. The fourth-order valence-corrected chi connectivity index (χ4v) is 5.92. The molecule has 0 radical (unpaired) electrons. The monoisotopic (exact) mass is 483 g/mol. The van der Waals surface area contributed by atoms with E-state index in [0.29, 0.717) is 17.9 Å². The molecule has 5 heterocycles. The van der Waals surface area contributed by atoms with E-state index in [1.54, 1.807) is 0 Å². The van der Waals surface area contributed by atoms with Crippen LogP contribution in [0.3, 0.4) is 0 Å². The summed E-state index contributed by atoms with van der Waals surface area (Å²) in [5.74, 6) is 0.441. The normalized spacial score (nSPS) is 17.9. The molecule has 0 atom stereocenters. The molecule has 0 bridgehead atoms. The molecule has 2 fully saturated rings. The van der Waals surface area contributed by atoms with Gasteiger partial charge in [0.1, 0.15) is 11.8 Å². The minimum Gasteiger partial charge on any atom is -0.382 e. The number of nitrogens with zero attached hydrogens (tertiary/aromatic N) is 8. The molecule has 4 aromatic heterocycles. The maximum Gasteiger partial charge on any atom is 0.152 e. The molecule has 1 saturated heterocycles. The van der Waals surface area contributed by atoms with Gasteiger partial charge in [-0.25, -0.2) is 14.2 Å². The Balaban J connectivity index is 1.38. The smallest absolute Gasteiger partial charge is 0.152 e. The van der Waals surface area contributed by atoms with Gasteiger partial charge in [-0.2, -0.15) is 10.2 Å². The summed E-state index contributed by atoms with van der Waals surface area (Å²) < 4.78 is 11.7. The predicted molar refractivity (Wildman–Crippen MR) is 136 cm³/mol. The van der Waals surface area contributed by atoms with Crippen LogP contribution in [0.2, 0.25) is 0 Å². The summed E-state index contributed by atoms with van der Waals surface area (Å²) >= 11 is 0. The minimum absolute atomic E-state index is 0.347. The van der Waals surface area contributed by atoms with Gasteiger partial charge in [0.15, 0.2) is 5.82 Å². The van der Waals surface area contributed by atoms with Crippen LogP contribution in [0.5, 0.6) is 0 Å². The van der Waals surface area contributed by atoms with Crippen molar-refractivity contribution < 1.29 is 4.74 Å². The zero-order chi connectivity index (χ0) is 24.1. The maximum atomic E-state index is 6.43. The minimum atomic E-state index is 0.347. The molecule has 184 valence electrons. The van der Waals surface area contributed by atoms with Crippen LogP contribution in [0.1, 0.15) is 57.0 Å². The zero-order valence-corrected chi connectivity index (χ0v) is 20.1. The highest BCUT2D eigenvalue weighted by atomic mass is 16.5. The molecule has 2 N–H and O–H groups in total. The average molecular weight is 484 g/mol. The predicted octanol–water partition coefficient (Wildman–Crippen LogP) is 4.44. The molecule has 1 saturated carbocycles. The van der Waals surface area contributed by atoms with Crippen LogP contribution in [-0.2, 0) is 4.74 Å². The average Bonchev–Trinajstić information content (AvgIpc) is 3.66. The van der Waals surface area contributed by atoms with E-state index in [1.165, 1.54) is 25.6 Å². The summed E-state index contributed by atoms with van der Waals surface area (Å²) in [6.45, 7) is 1.55. The molecule has 36 heavy (non-hydrogen) atoms. The molecule has 10 nitrogen and oxygen atoms in total. The summed E-state index contributed by atoms with van der Waals surface area (Å²) in [5, 5.41) is 19.2. The Bertz CT molecular complexity index is 1540. The lowest BCUT2D eigenvalue weighted by Gasteiger charge is -2.23. The summed E-state index contributed by atoms with van der Waals surface area (Å²) in [7, 11) is 0. The molecule has 0 amide bonds. The third-order valence-electron chi connectivity index (χ3n) is 7.79. The van der Waals surface area contributed by atoms with E-state index in [4.69, 9.17) is 15.6 Å². The Morgan fingerprint density at radius 1 is 0.861 bits per heavy atom. The highest BCUT2D eigenvalue weighted by Gasteiger charge is 2.25. The molecule has 1 aromatic carbocycles. The van der Waals surface area contributed by atoms with Gasteiger partial charge in [0.2, 0.25) is 0 Å². The molecular formula is C26H29N9O. The number of hydrogen-bond acceptors (Lipinski definition) is 7. The number of hydrogen-bond donors (Lipinski definition) is 1. The third kappa shape index (κ3) is 3.47. The molecule has 7 rings (SSSR count). The number of rotatable bonds is 4. The molecule has 0 spiro atoms. The van der Waals surface area contributed by atoms with Crippen molar-refractivity contribution in [3.8, 4) is 22.5 Å². The number of benzene rings is 1. The van der Waals surface area contributed by atoms with E-state index in [9.17, 15) is 0 Å². The summed E-state index contributed by atoms with van der Waals surface area (Å²) in [4.78, 5) is 4.31. The number of aromatic nitrogens is 8. The fraction of sp³-hybridized carbons (Fsp3) is 0.423. The van der Waals surface area contributed by atoms with Crippen LogP contribution in [0.15, 0.2) is 43.0 Å².